The molecular weight excluding hydrogens is 285 g/mol. The van der Waals surface area contributed by atoms with Gasteiger partial charge in [-0.1, -0.05) is 36.7 Å². The number of carbonyl (C=O) groups excluding carboxylic acids is 2. The van der Waals surface area contributed by atoms with Crippen molar-refractivity contribution >= 4 is 25.5 Å². The number of nitrogens with one attached hydrogen (secondary N) is 1. The summed E-state index contributed by atoms with van der Waals surface area (Å²) < 4.78 is 5.03. The molecule has 2 N–H and O–H groups in total. The van der Waals surface area contributed by atoms with Crippen molar-refractivity contribution in [2.45, 2.75) is 25.8 Å². The van der Waals surface area contributed by atoms with Gasteiger partial charge >= 0.3 is 12.1 Å². The third kappa shape index (κ3) is 7.47. The summed E-state index contributed by atoms with van der Waals surface area (Å²) in [5, 5.41) is 11.5. The first-order valence-electron chi connectivity index (χ1n) is 7.07. The molecule has 0 aromatic heterocycles. The molecule has 0 saturated carbocycles. The number of amides is 1. The van der Waals surface area contributed by atoms with E-state index < -0.39 is 18.0 Å². The van der Waals surface area contributed by atoms with Crippen molar-refractivity contribution in [3.8, 4) is 0 Å². The van der Waals surface area contributed by atoms with Crippen molar-refractivity contribution in [2.24, 2.45) is 5.92 Å². The van der Waals surface area contributed by atoms with Crippen LogP contribution in [0.4, 0.5) is 4.79 Å². The van der Waals surface area contributed by atoms with Crippen LogP contribution < -0.4 is 5.32 Å². The Morgan fingerprint density at radius 2 is 2.05 bits per heavy atom. The molecule has 0 aliphatic rings. The Morgan fingerprint density at radius 3 is 2.68 bits per heavy atom. The minimum atomic E-state index is -0.940. The van der Waals surface area contributed by atoms with Gasteiger partial charge in [-0.3, -0.25) is 4.79 Å². The summed E-state index contributed by atoms with van der Waals surface area (Å²) >= 11 is 0. The molecule has 1 atom stereocenters. The van der Waals surface area contributed by atoms with E-state index in [2.05, 4.69) is 5.32 Å². The molecule has 22 heavy (non-hydrogen) atoms. The van der Waals surface area contributed by atoms with E-state index in [0.29, 0.717) is 25.6 Å². The van der Waals surface area contributed by atoms with Gasteiger partial charge in [0.1, 0.15) is 6.61 Å². The molecule has 0 aliphatic heterocycles. The monoisotopic (exact) mass is 304 g/mol. The van der Waals surface area contributed by atoms with Crippen LogP contribution in [0.25, 0.3) is 0 Å². The number of benzene rings is 1. The van der Waals surface area contributed by atoms with E-state index in [0.717, 1.165) is 5.56 Å². The fourth-order valence-corrected chi connectivity index (χ4v) is 1.88. The lowest BCUT2D eigenvalue weighted by Gasteiger charge is -2.11. The zero-order valence-corrected chi connectivity index (χ0v) is 12.2. The van der Waals surface area contributed by atoms with E-state index in [9.17, 15) is 14.4 Å². The van der Waals surface area contributed by atoms with Gasteiger partial charge in [0.2, 0.25) is 0 Å². The Labute approximate surface area is 130 Å². The van der Waals surface area contributed by atoms with Crippen molar-refractivity contribution in [2.75, 3.05) is 6.54 Å². The Bertz CT molecular complexity index is 480. The normalized spacial score (nSPS) is 11.3. The van der Waals surface area contributed by atoms with Gasteiger partial charge in [-0.15, -0.1) is 0 Å². The number of hydrogen-bond acceptors (Lipinski definition) is 4. The van der Waals surface area contributed by atoms with E-state index in [1.54, 1.807) is 0 Å². The summed E-state index contributed by atoms with van der Waals surface area (Å²) in [7, 11) is 1.29. The van der Waals surface area contributed by atoms with Gasteiger partial charge < -0.3 is 20.0 Å². The number of carbonyl (C=O) groups is 3. The Balaban J connectivity index is 2.16. The molecule has 1 radical (unpaired) electrons. The van der Waals surface area contributed by atoms with E-state index in [4.69, 9.17) is 9.84 Å². The lowest BCUT2D eigenvalue weighted by molar-refractivity contribution is -0.141. The summed E-state index contributed by atoms with van der Waals surface area (Å²) in [5.74, 6) is -1.54. The zero-order valence-electron chi connectivity index (χ0n) is 12.2. The summed E-state index contributed by atoms with van der Waals surface area (Å²) in [6, 6.07) is 9.31. The number of ether oxygens (including phenoxy) is 1. The number of alkyl carbamates (subject to hydrolysis) is 1. The molecule has 7 heteroatoms. The van der Waals surface area contributed by atoms with Gasteiger partial charge in [0.05, 0.1) is 12.1 Å². The van der Waals surface area contributed by atoms with Crippen LogP contribution in [0.5, 0.6) is 0 Å². The fourth-order valence-electron chi connectivity index (χ4n) is 1.88. The predicted octanol–water partition coefficient (Wildman–Crippen LogP) is 1.71. The van der Waals surface area contributed by atoms with E-state index in [1.165, 1.54) is 7.28 Å². The smallest absolute Gasteiger partial charge is 0.407 e. The molecule has 1 amide bonds. The van der Waals surface area contributed by atoms with E-state index in [1.807, 2.05) is 30.3 Å². The first kappa shape index (κ1) is 17.7. The second kappa shape index (κ2) is 10.4. The molecule has 0 unspecified atom stereocenters. The van der Waals surface area contributed by atoms with Crippen LogP contribution in [0, 0.1) is 5.92 Å². The summed E-state index contributed by atoms with van der Waals surface area (Å²) in [5.41, 5.74) is 0.896. The summed E-state index contributed by atoms with van der Waals surface area (Å²) in [4.78, 5) is 32.6. The number of rotatable bonds is 10. The van der Waals surface area contributed by atoms with Crippen molar-refractivity contribution in [3.63, 3.8) is 0 Å². The maximum Gasteiger partial charge on any atom is 0.407 e. The van der Waals surface area contributed by atoms with Crippen LogP contribution >= 0.6 is 0 Å². The molecule has 0 aliphatic carbocycles. The van der Waals surface area contributed by atoms with Gasteiger partial charge in [0, 0.05) is 6.54 Å². The van der Waals surface area contributed by atoms with Gasteiger partial charge in [-0.2, -0.15) is 0 Å². The minimum Gasteiger partial charge on any atom is -0.481 e. The van der Waals surface area contributed by atoms with Crippen LogP contribution in [0.15, 0.2) is 30.3 Å². The molecule has 1 rings (SSSR count). The highest BCUT2D eigenvalue weighted by Crippen LogP contribution is 2.11. The van der Waals surface area contributed by atoms with Crippen LogP contribution in [-0.2, 0) is 20.9 Å². The number of hydrogen-bond donors (Lipinski definition) is 2. The average molecular weight is 304 g/mol. The third-order valence-corrected chi connectivity index (χ3v) is 3.08. The Morgan fingerprint density at radius 1 is 1.32 bits per heavy atom. The molecule has 0 fully saturated rings. The predicted molar refractivity (Wildman–Crippen MR) is 82.3 cm³/mol. The van der Waals surface area contributed by atoms with Crippen LogP contribution in [-0.4, -0.2) is 37.2 Å². The van der Waals surface area contributed by atoms with E-state index >= 15 is 0 Å². The molecule has 6 nitrogen and oxygen atoms in total. The minimum absolute atomic E-state index is 0.193. The maximum atomic E-state index is 11.5. The lowest BCUT2D eigenvalue weighted by atomic mass is 9.70. The zero-order chi connectivity index (χ0) is 16.2. The molecule has 0 spiro atoms. The van der Waals surface area contributed by atoms with Gasteiger partial charge in [0.25, 0.3) is 0 Å². The Hall–Kier alpha value is -2.31. The third-order valence-electron chi connectivity index (χ3n) is 3.08. The lowest BCUT2D eigenvalue weighted by Crippen LogP contribution is -2.26. The van der Waals surface area contributed by atoms with Crippen molar-refractivity contribution in [3.05, 3.63) is 35.9 Å². The second-order valence-electron chi connectivity index (χ2n) is 4.77. The first-order valence-corrected chi connectivity index (χ1v) is 7.07. The molecule has 117 valence electrons. The van der Waals surface area contributed by atoms with Crippen molar-refractivity contribution < 1.29 is 24.2 Å². The average Bonchev–Trinajstić information content (AvgIpc) is 2.53. The number of carboxylic acids is 1. The summed E-state index contributed by atoms with van der Waals surface area (Å²) in [6.07, 6.45) is 1.16. The molecule has 1 aromatic rings. The van der Waals surface area contributed by atoms with Gasteiger partial charge in [-0.05, 0) is 18.4 Å². The number of carboxylic acid groups (broad SMARTS) is 1. The highest BCUT2D eigenvalue weighted by molar-refractivity contribution is 6.66. The van der Waals surface area contributed by atoms with Crippen molar-refractivity contribution in [1.82, 2.24) is 5.32 Å². The number of aliphatic carboxylic acids is 1. The summed E-state index contributed by atoms with van der Waals surface area (Å²) in [6.45, 7) is 0.525. The highest BCUT2D eigenvalue weighted by atomic mass is 16.5. The Kier molecular flexibility index (Phi) is 8.41. The van der Waals surface area contributed by atoms with Crippen LogP contribution in [0.2, 0.25) is 6.32 Å². The van der Waals surface area contributed by atoms with Crippen LogP contribution in [0.3, 0.4) is 0 Å². The van der Waals surface area contributed by atoms with Crippen LogP contribution in [0.1, 0.15) is 18.4 Å². The van der Waals surface area contributed by atoms with Crippen molar-refractivity contribution in [1.29, 1.82) is 0 Å². The fraction of sp³-hybridized carbons (Fsp3) is 0.400. The molecule has 0 bridgehead atoms. The maximum absolute atomic E-state index is 11.5. The van der Waals surface area contributed by atoms with E-state index in [-0.39, 0.29) is 12.9 Å². The molecular formula is C15H19BNO5. The molecule has 0 saturated heterocycles. The standard InChI is InChI=1S/C15H19BNO5/c18-11-16-9-13(14(19)20)7-4-8-17-15(21)22-10-12-5-2-1-3-6-12/h1-3,5-6,11,13H,4,7-10H2,(H,17,21)(H,19,20)/t13-/m1/s1. The second-order valence-corrected chi connectivity index (χ2v) is 4.77. The first-order chi connectivity index (χ1) is 10.6. The van der Waals surface area contributed by atoms with Gasteiger partial charge in [-0.25, -0.2) is 4.79 Å². The highest BCUT2D eigenvalue weighted by Gasteiger charge is 2.16. The largest absolute Gasteiger partial charge is 0.481 e. The van der Waals surface area contributed by atoms with Gasteiger partial charge in [0.15, 0.2) is 7.28 Å². The topological polar surface area (TPSA) is 92.7 Å². The quantitative estimate of drug-likeness (QED) is 0.390. The molecule has 1 aromatic carbocycles. The SMILES string of the molecule is O=C[B]C[C@@H](CCCNC(=O)OCc1ccccc1)C(=O)O. The molecule has 0 heterocycles.